The van der Waals surface area contributed by atoms with Crippen molar-refractivity contribution in [3.63, 3.8) is 0 Å². The number of thioether (sulfide) groups is 1. The topological polar surface area (TPSA) is 66.5 Å². The van der Waals surface area contributed by atoms with E-state index in [1.807, 2.05) is 48.5 Å². The molecule has 6 heteroatoms. The molecule has 33 heavy (non-hydrogen) atoms. The molecule has 0 aromatic heterocycles. The summed E-state index contributed by atoms with van der Waals surface area (Å²) in [6.45, 7) is 12.5. The van der Waals surface area contributed by atoms with Crippen LogP contribution in [0.3, 0.4) is 0 Å². The quantitative estimate of drug-likeness (QED) is 0.467. The molecule has 1 saturated heterocycles. The fourth-order valence-electron chi connectivity index (χ4n) is 3.61. The summed E-state index contributed by atoms with van der Waals surface area (Å²) in [5, 5.41) is 3.44. The van der Waals surface area contributed by atoms with Crippen LogP contribution in [-0.4, -0.2) is 34.8 Å². The molecule has 5 nitrogen and oxygen atoms in total. The molecular weight excluding hydrogens is 432 g/mol. The molecule has 2 aromatic carbocycles. The Hall–Kier alpha value is -2.86. The predicted octanol–water partition coefficient (Wildman–Crippen LogP) is 5.52. The van der Waals surface area contributed by atoms with E-state index in [1.54, 1.807) is 0 Å². The number of nitrogens with zero attached hydrogens (tertiary/aromatic N) is 1. The van der Waals surface area contributed by atoms with E-state index >= 15 is 0 Å². The second-order valence-corrected chi connectivity index (χ2v) is 11.3. The number of rotatable bonds is 5. The number of hydrogen-bond acceptors (Lipinski definition) is 4. The summed E-state index contributed by atoms with van der Waals surface area (Å²) in [6, 6.07) is 15.2. The summed E-state index contributed by atoms with van der Waals surface area (Å²) in [5.41, 5.74) is 3.32. The summed E-state index contributed by atoms with van der Waals surface area (Å²) in [5.74, 6) is -0.443. The second kappa shape index (κ2) is 9.56. The van der Waals surface area contributed by atoms with Gasteiger partial charge in [-0.25, -0.2) is 0 Å². The molecule has 0 saturated carbocycles. The minimum Gasteiger partial charge on any atom is -0.324 e. The normalized spacial score (nSPS) is 15.8. The maximum atomic E-state index is 12.8. The highest BCUT2D eigenvalue weighted by atomic mass is 32.2. The molecule has 1 N–H and O–H groups in total. The largest absolute Gasteiger partial charge is 0.324 e. The van der Waals surface area contributed by atoms with Gasteiger partial charge in [0.05, 0.1) is 10.8 Å². The monoisotopic (exact) mass is 464 g/mol. The van der Waals surface area contributed by atoms with Crippen LogP contribution in [0.15, 0.2) is 59.6 Å². The molecule has 0 spiro atoms. The first-order valence-corrected chi connectivity index (χ1v) is 12.0. The maximum Gasteiger partial charge on any atom is 0.244 e. The van der Waals surface area contributed by atoms with Crippen molar-refractivity contribution in [3.05, 3.63) is 76.3 Å². The van der Waals surface area contributed by atoms with Crippen molar-refractivity contribution in [2.24, 2.45) is 0 Å². The standard InChI is InChI=1S/C27H32N2O3S/c1-26(2,3)19-13-11-18(12-14-19)22(30)15-25-29(24(32)17-33-25)16-23(31)28-21-10-8-7-9-20(21)27(4,5)6/h7-15H,16-17H2,1-6H3,(H,28,31). The average molecular weight is 465 g/mol. The first kappa shape index (κ1) is 24.8. The molecule has 0 unspecified atom stereocenters. The third-order valence-electron chi connectivity index (χ3n) is 5.51. The van der Waals surface area contributed by atoms with E-state index in [0.29, 0.717) is 10.6 Å². The van der Waals surface area contributed by atoms with Crippen LogP contribution >= 0.6 is 11.8 Å². The number of carbonyl (C=O) groups is 3. The van der Waals surface area contributed by atoms with Crippen molar-refractivity contribution in [1.82, 2.24) is 4.90 Å². The lowest BCUT2D eigenvalue weighted by molar-refractivity contribution is -0.129. The van der Waals surface area contributed by atoms with Crippen LogP contribution in [0.1, 0.15) is 63.0 Å². The summed E-state index contributed by atoms with van der Waals surface area (Å²) in [7, 11) is 0. The van der Waals surface area contributed by atoms with E-state index in [-0.39, 0.29) is 40.7 Å². The fourth-order valence-corrected chi connectivity index (χ4v) is 4.55. The number of anilines is 1. The van der Waals surface area contributed by atoms with Crippen LogP contribution in [-0.2, 0) is 20.4 Å². The molecule has 2 aromatic rings. The maximum absolute atomic E-state index is 12.8. The average Bonchev–Trinajstić information content (AvgIpc) is 3.06. The van der Waals surface area contributed by atoms with E-state index in [9.17, 15) is 14.4 Å². The molecule has 3 rings (SSSR count). The van der Waals surface area contributed by atoms with E-state index in [4.69, 9.17) is 0 Å². The van der Waals surface area contributed by atoms with E-state index in [1.165, 1.54) is 22.7 Å². The number of para-hydroxylation sites is 1. The first-order valence-electron chi connectivity index (χ1n) is 11.1. The van der Waals surface area contributed by atoms with Gasteiger partial charge in [0.25, 0.3) is 0 Å². The van der Waals surface area contributed by atoms with Gasteiger partial charge in [0.1, 0.15) is 6.54 Å². The van der Waals surface area contributed by atoms with Crippen molar-refractivity contribution >= 4 is 35.0 Å². The van der Waals surface area contributed by atoms with Crippen molar-refractivity contribution in [1.29, 1.82) is 0 Å². The van der Waals surface area contributed by atoms with Gasteiger partial charge in [-0.1, -0.05) is 95.8 Å². The number of nitrogens with one attached hydrogen (secondary N) is 1. The minimum atomic E-state index is -0.296. The Kier molecular flexibility index (Phi) is 7.17. The summed E-state index contributed by atoms with van der Waals surface area (Å²) >= 11 is 1.28. The second-order valence-electron chi connectivity index (χ2n) is 10.3. The van der Waals surface area contributed by atoms with Crippen LogP contribution in [0.4, 0.5) is 5.69 Å². The van der Waals surface area contributed by atoms with E-state index in [2.05, 4.69) is 46.9 Å². The van der Waals surface area contributed by atoms with Crippen molar-refractivity contribution in [3.8, 4) is 0 Å². The van der Waals surface area contributed by atoms with Gasteiger partial charge in [0.15, 0.2) is 5.78 Å². The highest BCUT2D eigenvalue weighted by Crippen LogP contribution is 2.31. The highest BCUT2D eigenvalue weighted by molar-refractivity contribution is 8.04. The third kappa shape index (κ3) is 6.14. The number of hydrogen-bond donors (Lipinski definition) is 1. The van der Waals surface area contributed by atoms with Gasteiger partial charge < -0.3 is 5.32 Å². The van der Waals surface area contributed by atoms with Crippen LogP contribution in [0.25, 0.3) is 0 Å². The van der Waals surface area contributed by atoms with Gasteiger partial charge in [-0.2, -0.15) is 0 Å². The van der Waals surface area contributed by atoms with Crippen LogP contribution < -0.4 is 5.32 Å². The van der Waals surface area contributed by atoms with Crippen molar-refractivity contribution in [2.45, 2.75) is 52.4 Å². The Morgan fingerprint density at radius 1 is 0.970 bits per heavy atom. The molecule has 0 radical (unpaired) electrons. The molecule has 1 aliphatic rings. The molecule has 1 fully saturated rings. The molecule has 0 aliphatic carbocycles. The first-order chi connectivity index (χ1) is 15.4. The minimum absolute atomic E-state index is 0.00351. The zero-order valence-electron chi connectivity index (χ0n) is 20.2. The Morgan fingerprint density at radius 2 is 1.61 bits per heavy atom. The summed E-state index contributed by atoms with van der Waals surface area (Å²) in [4.78, 5) is 39.5. The lowest BCUT2D eigenvalue weighted by Gasteiger charge is -2.24. The zero-order valence-corrected chi connectivity index (χ0v) is 21.0. The van der Waals surface area contributed by atoms with Crippen LogP contribution in [0.2, 0.25) is 0 Å². The number of amides is 2. The highest BCUT2D eigenvalue weighted by Gasteiger charge is 2.30. The SMILES string of the molecule is CC(C)(C)c1ccc(C(=O)C=C2SCC(=O)N2CC(=O)Nc2ccccc2C(C)(C)C)cc1. The Labute approximate surface area is 200 Å². The Bertz CT molecular complexity index is 1090. The van der Waals surface area contributed by atoms with Gasteiger partial charge in [-0.3, -0.25) is 19.3 Å². The predicted molar refractivity (Wildman–Crippen MR) is 135 cm³/mol. The smallest absolute Gasteiger partial charge is 0.244 e. The molecule has 1 aliphatic heterocycles. The number of allylic oxidation sites excluding steroid dienone is 1. The molecule has 0 atom stereocenters. The van der Waals surface area contributed by atoms with Gasteiger partial charge in [-0.05, 0) is 28.0 Å². The molecular formula is C27H32N2O3S. The Morgan fingerprint density at radius 3 is 2.21 bits per heavy atom. The van der Waals surface area contributed by atoms with Crippen molar-refractivity contribution in [2.75, 3.05) is 17.6 Å². The summed E-state index contributed by atoms with van der Waals surface area (Å²) in [6.07, 6.45) is 1.46. The van der Waals surface area contributed by atoms with Gasteiger partial charge >= 0.3 is 0 Å². The number of benzene rings is 2. The van der Waals surface area contributed by atoms with Crippen LogP contribution in [0, 0.1) is 0 Å². The van der Waals surface area contributed by atoms with Gasteiger partial charge in [0, 0.05) is 17.3 Å². The fraction of sp³-hybridized carbons (Fsp3) is 0.370. The zero-order chi connectivity index (χ0) is 24.4. The Balaban J connectivity index is 1.74. The number of ketones is 1. The summed E-state index contributed by atoms with van der Waals surface area (Å²) < 4.78 is 0. The van der Waals surface area contributed by atoms with E-state index < -0.39 is 0 Å². The van der Waals surface area contributed by atoms with Crippen molar-refractivity contribution < 1.29 is 14.4 Å². The molecule has 174 valence electrons. The van der Waals surface area contributed by atoms with E-state index in [0.717, 1.165) is 16.8 Å². The lowest BCUT2D eigenvalue weighted by atomic mass is 9.86. The molecule has 2 amide bonds. The van der Waals surface area contributed by atoms with Gasteiger partial charge in [0.2, 0.25) is 11.8 Å². The number of carbonyl (C=O) groups excluding carboxylic acids is 3. The lowest BCUT2D eigenvalue weighted by Crippen LogP contribution is -2.34. The third-order valence-corrected chi connectivity index (χ3v) is 6.54. The molecule has 1 heterocycles. The van der Waals surface area contributed by atoms with Crippen LogP contribution in [0.5, 0.6) is 0 Å². The van der Waals surface area contributed by atoms with Gasteiger partial charge in [-0.15, -0.1) is 0 Å². The molecule has 0 bridgehead atoms.